The summed E-state index contributed by atoms with van der Waals surface area (Å²) < 4.78 is 17.5. The summed E-state index contributed by atoms with van der Waals surface area (Å²) in [5.41, 5.74) is 1.68. The minimum Gasteiger partial charge on any atom is -0.469 e. The van der Waals surface area contributed by atoms with Gasteiger partial charge < -0.3 is 24.1 Å². The molecule has 1 amide bonds. The number of hydrogen-bond donors (Lipinski definition) is 1. The maximum Gasteiger partial charge on any atom is 0.410 e. The van der Waals surface area contributed by atoms with Crippen LogP contribution in [0.1, 0.15) is 65.7 Å². The van der Waals surface area contributed by atoms with Gasteiger partial charge in [-0.15, -0.1) is 0 Å². The highest BCUT2D eigenvalue weighted by atomic mass is 35.5. The SMILES string of the molecule is COC(=O)Cc1ccc(NCC(C)N(CC(O[Si](C)(C)C(C)(C)C)c2cccc(Cl)c2)C(=O)OC(C)(C)C)cc1Cl. The molecule has 7 nitrogen and oxygen atoms in total. The minimum atomic E-state index is -2.23. The van der Waals surface area contributed by atoms with Gasteiger partial charge in [0.05, 0.1) is 26.2 Å². The molecule has 2 aromatic rings. The molecule has 0 heterocycles. The molecular weight excluding hydrogens is 579 g/mol. The lowest BCUT2D eigenvalue weighted by Gasteiger charge is -2.41. The Balaban J connectivity index is 2.36. The first kappa shape index (κ1) is 34.9. The van der Waals surface area contributed by atoms with Gasteiger partial charge in [-0.1, -0.05) is 62.2 Å². The lowest BCUT2D eigenvalue weighted by Crippen LogP contribution is -2.49. The molecule has 41 heavy (non-hydrogen) atoms. The third-order valence-electron chi connectivity index (χ3n) is 7.20. The number of carbonyl (C=O) groups excluding carboxylic acids is 2. The largest absolute Gasteiger partial charge is 0.469 e. The molecule has 10 heteroatoms. The summed E-state index contributed by atoms with van der Waals surface area (Å²) in [6, 6.07) is 12.7. The van der Waals surface area contributed by atoms with Crippen molar-refractivity contribution in [3.8, 4) is 0 Å². The van der Waals surface area contributed by atoms with E-state index in [0.29, 0.717) is 22.2 Å². The third-order valence-corrected chi connectivity index (χ3v) is 12.3. The van der Waals surface area contributed by atoms with Gasteiger partial charge >= 0.3 is 12.1 Å². The van der Waals surface area contributed by atoms with Crippen LogP contribution in [0.2, 0.25) is 28.2 Å². The normalized spacial score (nSPS) is 13.8. The van der Waals surface area contributed by atoms with Crippen LogP contribution in [0.5, 0.6) is 0 Å². The van der Waals surface area contributed by atoms with E-state index < -0.39 is 26.1 Å². The fraction of sp³-hybridized carbons (Fsp3) is 0.548. The molecule has 2 unspecified atom stereocenters. The number of nitrogens with one attached hydrogen (secondary N) is 1. The van der Waals surface area contributed by atoms with E-state index in [0.717, 1.165) is 11.3 Å². The summed E-state index contributed by atoms with van der Waals surface area (Å²) in [5.74, 6) is -0.358. The predicted octanol–water partition coefficient (Wildman–Crippen LogP) is 8.51. The average Bonchev–Trinajstić information content (AvgIpc) is 2.84. The highest BCUT2D eigenvalue weighted by molar-refractivity contribution is 6.74. The molecule has 228 valence electrons. The number of benzene rings is 2. The second-order valence-corrected chi connectivity index (χ2v) is 18.4. The van der Waals surface area contributed by atoms with Crippen LogP contribution < -0.4 is 5.32 Å². The monoisotopic (exact) mass is 624 g/mol. The molecule has 2 aromatic carbocycles. The zero-order valence-corrected chi connectivity index (χ0v) is 28.6. The van der Waals surface area contributed by atoms with E-state index in [-0.39, 0.29) is 30.0 Å². The van der Waals surface area contributed by atoms with Crippen LogP contribution in [0, 0.1) is 0 Å². The highest BCUT2D eigenvalue weighted by Gasteiger charge is 2.41. The Morgan fingerprint density at radius 2 is 1.68 bits per heavy atom. The van der Waals surface area contributed by atoms with Crippen LogP contribution in [0.15, 0.2) is 42.5 Å². The Bertz CT molecular complexity index is 1190. The number of halogens is 2. The van der Waals surface area contributed by atoms with Crippen molar-refractivity contribution < 1.29 is 23.5 Å². The van der Waals surface area contributed by atoms with E-state index >= 15 is 0 Å². The van der Waals surface area contributed by atoms with Crippen molar-refractivity contribution >= 4 is 49.3 Å². The molecule has 0 aliphatic carbocycles. The number of ether oxygens (including phenoxy) is 2. The summed E-state index contributed by atoms with van der Waals surface area (Å²) in [5, 5.41) is 4.40. The number of carbonyl (C=O) groups is 2. The zero-order valence-electron chi connectivity index (χ0n) is 26.1. The maximum atomic E-state index is 13.6. The number of amides is 1. The summed E-state index contributed by atoms with van der Waals surface area (Å²) >= 11 is 12.8. The molecule has 0 bridgehead atoms. The van der Waals surface area contributed by atoms with Crippen molar-refractivity contribution in [3.05, 3.63) is 63.6 Å². The van der Waals surface area contributed by atoms with Gasteiger partial charge in [0.25, 0.3) is 0 Å². The first-order valence-electron chi connectivity index (χ1n) is 13.8. The van der Waals surface area contributed by atoms with Gasteiger partial charge in [-0.05, 0) is 81.2 Å². The third kappa shape index (κ3) is 10.8. The standard InChI is InChI=1S/C31H46Cl2N2O5Si/c1-21(19-34-25-15-14-22(26(33)18-25)17-28(36)38-8)35(29(37)39-30(2,3)4)20-27(23-12-11-13-24(32)16-23)40-41(9,10)31(5,6)7/h11-16,18,21,27,34H,17,19-20H2,1-10H3. The van der Waals surface area contributed by atoms with Gasteiger partial charge in [0, 0.05) is 28.3 Å². The van der Waals surface area contributed by atoms with Crippen LogP contribution >= 0.6 is 23.2 Å². The van der Waals surface area contributed by atoms with Gasteiger partial charge in [0.1, 0.15) is 5.60 Å². The molecule has 0 saturated heterocycles. The lowest BCUT2D eigenvalue weighted by atomic mass is 10.1. The summed E-state index contributed by atoms with van der Waals surface area (Å²) in [6.45, 7) is 19.2. The van der Waals surface area contributed by atoms with Crippen molar-refractivity contribution in [2.75, 3.05) is 25.5 Å². The van der Waals surface area contributed by atoms with E-state index in [1.165, 1.54) is 7.11 Å². The number of nitrogens with zero attached hydrogens (tertiary/aromatic N) is 1. The average molecular weight is 626 g/mol. The highest BCUT2D eigenvalue weighted by Crippen LogP contribution is 2.40. The Labute approximate surface area is 257 Å². The molecule has 0 aliphatic heterocycles. The van der Waals surface area contributed by atoms with Crippen molar-refractivity contribution in [1.82, 2.24) is 4.90 Å². The van der Waals surface area contributed by atoms with Crippen LogP contribution in [-0.4, -0.2) is 57.1 Å². The second-order valence-electron chi connectivity index (χ2n) is 12.8. The second kappa shape index (κ2) is 14.3. The fourth-order valence-electron chi connectivity index (χ4n) is 3.79. The molecule has 0 saturated carbocycles. The van der Waals surface area contributed by atoms with Gasteiger partial charge in [0.2, 0.25) is 0 Å². The minimum absolute atomic E-state index is 0.0347. The summed E-state index contributed by atoms with van der Waals surface area (Å²) in [4.78, 5) is 27.0. The predicted molar refractivity (Wildman–Crippen MR) is 171 cm³/mol. The van der Waals surface area contributed by atoms with E-state index in [2.05, 4.69) is 39.2 Å². The smallest absolute Gasteiger partial charge is 0.410 e. The molecule has 0 aromatic heterocycles. The molecule has 0 aliphatic rings. The van der Waals surface area contributed by atoms with Crippen LogP contribution in [0.3, 0.4) is 0 Å². The first-order chi connectivity index (χ1) is 18.8. The van der Waals surface area contributed by atoms with E-state index in [1.54, 1.807) is 17.0 Å². The van der Waals surface area contributed by atoms with E-state index in [9.17, 15) is 9.59 Å². The van der Waals surface area contributed by atoms with Crippen LogP contribution in [0.25, 0.3) is 0 Å². The molecular formula is C31H46Cl2N2O5Si. The summed E-state index contributed by atoms with van der Waals surface area (Å²) in [7, 11) is -0.888. The van der Waals surface area contributed by atoms with Gasteiger partial charge in [-0.25, -0.2) is 4.79 Å². The molecule has 1 N–H and O–H groups in total. The molecule has 2 atom stereocenters. The Morgan fingerprint density at radius 1 is 1.02 bits per heavy atom. The van der Waals surface area contributed by atoms with Crippen LogP contribution in [0.4, 0.5) is 10.5 Å². The van der Waals surface area contributed by atoms with Crippen molar-refractivity contribution in [2.45, 2.75) is 90.8 Å². The van der Waals surface area contributed by atoms with E-state index in [4.69, 9.17) is 37.1 Å². The Hall–Kier alpha value is -2.26. The molecule has 2 rings (SSSR count). The van der Waals surface area contributed by atoms with Crippen molar-refractivity contribution in [2.24, 2.45) is 0 Å². The Morgan fingerprint density at radius 3 is 2.22 bits per heavy atom. The quantitative estimate of drug-likeness (QED) is 0.199. The fourth-order valence-corrected chi connectivity index (χ4v) is 5.51. The number of hydrogen-bond acceptors (Lipinski definition) is 6. The zero-order chi connectivity index (χ0) is 31.2. The number of esters is 1. The van der Waals surface area contributed by atoms with Crippen molar-refractivity contribution in [3.63, 3.8) is 0 Å². The molecule has 0 radical (unpaired) electrons. The lowest BCUT2D eigenvalue weighted by molar-refractivity contribution is -0.139. The van der Waals surface area contributed by atoms with Gasteiger partial charge in [-0.2, -0.15) is 0 Å². The maximum absolute atomic E-state index is 13.6. The van der Waals surface area contributed by atoms with E-state index in [1.807, 2.05) is 58.0 Å². The summed E-state index contributed by atoms with van der Waals surface area (Å²) in [6.07, 6.45) is -0.738. The number of methoxy groups -OCH3 is 1. The number of rotatable bonds is 11. The molecule has 0 spiro atoms. The molecule has 0 fully saturated rings. The number of anilines is 1. The first-order valence-corrected chi connectivity index (χ1v) is 17.5. The topological polar surface area (TPSA) is 77.1 Å². The van der Waals surface area contributed by atoms with Crippen molar-refractivity contribution in [1.29, 1.82) is 0 Å². The Kier molecular flexibility index (Phi) is 12.2. The van der Waals surface area contributed by atoms with Crippen LogP contribution in [-0.2, 0) is 25.1 Å². The van der Waals surface area contributed by atoms with Gasteiger partial charge in [-0.3, -0.25) is 4.79 Å². The van der Waals surface area contributed by atoms with Gasteiger partial charge in [0.15, 0.2) is 8.32 Å².